The largest absolute Gasteiger partial charge is 0.497 e. The molecule has 0 saturated carbocycles. The second-order valence-electron chi connectivity index (χ2n) is 22.4. The van der Waals surface area contributed by atoms with Crippen LogP contribution in [0.5, 0.6) is 46.0 Å². The quantitative estimate of drug-likeness (QED) is 0.0162. The molecule has 12 rings (SSSR count). The van der Waals surface area contributed by atoms with Gasteiger partial charge in [-0.05, 0) is 188 Å². The van der Waals surface area contributed by atoms with E-state index in [-0.39, 0.29) is 38.0 Å². The summed E-state index contributed by atoms with van der Waals surface area (Å²) in [6.07, 6.45) is 8.95. The lowest BCUT2D eigenvalue weighted by Gasteiger charge is -2.09. The number of carboxylic acids is 4. The third kappa shape index (κ3) is 21.2. The van der Waals surface area contributed by atoms with Gasteiger partial charge in [0, 0.05) is 91.7 Å². The Morgan fingerprint density at radius 2 is 0.709 bits per heavy atom. The Kier molecular flexibility index (Phi) is 29.0. The van der Waals surface area contributed by atoms with Crippen molar-refractivity contribution in [1.82, 2.24) is 16.9 Å². The van der Waals surface area contributed by atoms with Gasteiger partial charge < -0.3 is 63.3 Å². The second-order valence-corrected chi connectivity index (χ2v) is 30.4. The first-order chi connectivity index (χ1) is 52.2. The highest BCUT2D eigenvalue weighted by molar-refractivity contribution is 8.13. The summed E-state index contributed by atoms with van der Waals surface area (Å²) >= 11 is 0. The summed E-state index contributed by atoms with van der Waals surface area (Å²) in [4.78, 5) is 66.0. The molecule has 0 aliphatic carbocycles. The first-order valence-corrected chi connectivity index (χ1v) is 38.3. The van der Waals surface area contributed by atoms with Gasteiger partial charge in [0.2, 0.25) is 0 Å². The van der Waals surface area contributed by atoms with E-state index >= 15 is 0 Å². The number of aromatic amines is 1. The van der Waals surface area contributed by atoms with Crippen molar-refractivity contribution < 1.29 is 121 Å². The van der Waals surface area contributed by atoms with Crippen molar-refractivity contribution in [3.8, 4) is 46.0 Å². The van der Waals surface area contributed by atoms with E-state index in [1.165, 1.54) is 139 Å². The SMILES string of the molecule is COc1ccc(S(=O)(=O)Cl)cc1.COc1ccc(S(=O)(=O)n2cc(/C=C/C(=O)O)c3cc(OC)ccc32)cc1.COc1ccc(S(=O)(=O)n2cc(C=O)c3cc(OC)ccc32)cc1.COc1ccc(S(=O)(=O)n2cc(CCC(=O)O)c3cc(OC)ccc32)cc1.COc1ccc2[nH]cc(C=O)c2c1.O=C(O)CC(=O)O. The number of carboxylic acid groups (broad SMARTS) is 4. The molecule has 0 amide bonds. The van der Waals surface area contributed by atoms with Gasteiger partial charge in [0.05, 0.1) is 93.0 Å². The highest BCUT2D eigenvalue weighted by Crippen LogP contribution is 2.34. The fraction of sp³-hybridized carbons (Fsp3) is 0.147. The highest BCUT2D eigenvalue weighted by Gasteiger charge is 2.26. The number of fused-ring (bicyclic) bond motifs is 4. The van der Waals surface area contributed by atoms with E-state index < -0.39 is 69.4 Å². The number of carbonyl (C=O) groups excluding carboxylic acids is 2. The van der Waals surface area contributed by atoms with Gasteiger partial charge in [-0.1, -0.05) is 0 Å². The van der Waals surface area contributed by atoms with Crippen LogP contribution in [-0.2, 0) is 64.7 Å². The van der Waals surface area contributed by atoms with Crippen molar-refractivity contribution in [3.05, 3.63) is 223 Å². The lowest BCUT2D eigenvalue weighted by molar-refractivity contribution is -0.147. The van der Waals surface area contributed by atoms with Crippen LogP contribution in [0.4, 0.5) is 0 Å². The van der Waals surface area contributed by atoms with E-state index in [2.05, 4.69) is 4.98 Å². The van der Waals surface area contributed by atoms with Crippen LogP contribution >= 0.6 is 10.7 Å². The van der Waals surface area contributed by atoms with Crippen LogP contribution in [-0.4, -0.2) is 164 Å². The fourth-order valence-electron chi connectivity index (χ4n) is 10.3. The molecule has 110 heavy (non-hydrogen) atoms. The van der Waals surface area contributed by atoms with Crippen molar-refractivity contribution in [2.24, 2.45) is 0 Å². The Bertz CT molecular complexity index is 5810. The minimum atomic E-state index is -3.89. The van der Waals surface area contributed by atoms with Crippen molar-refractivity contribution in [1.29, 1.82) is 0 Å². The minimum absolute atomic E-state index is 0.0740. The molecule has 0 spiro atoms. The number of carbonyl (C=O) groups is 6. The van der Waals surface area contributed by atoms with Crippen LogP contribution < -0.4 is 37.9 Å². The number of methoxy groups -OCH3 is 8. The first-order valence-electron chi connectivity index (χ1n) is 31.7. The smallest absolute Gasteiger partial charge is 0.328 e. The molecular weight excluding hydrogens is 1540 g/mol. The van der Waals surface area contributed by atoms with E-state index in [4.69, 9.17) is 69.0 Å². The number of nitrogens with zero attached hydrogens (tertiary/aromatic N) is 3. The van der Waals surface area contributed by atoms with Crippen LogP contribution in [0.25, 0.3) is 49.7 Å². The number of benzene rings is 8. The Morgan fingerprint density at radius 1 is 0.391 bits per heavy atom. The minimum Gasteiger partial charge on any atom is -0.497 e. The number of aryl methyl sites for hydroxylation is 1. The molecule has 4 heterocycles. The van der Waals surface area contributed by atoms with Crippen molar-refractivity contribution in [2.45, 2.75) is 38.8 Å². The molecular formula is C75H71ClN4O26S4. The van der Waals surface area contributed by atoms with Crippen LogP contribution in [0.1, 0.15) is 44.7 Å². The van der Waals surface area contributed by atoms with Crippen molar-refractivity contribution in [2.75, 3.05) is 56.9 Å². The lowest BCUT2D eigenvalue weighted by Crippen LogP contribution is -2.11. The molecule has 4 aromatic heterocycles. The van der Waals surface area contributed by atoms with Gasteiger partial charge >= 0.3 is 23.9 Å². The zero-order valence-corrected chi connectivity index (χ0v) is 63.6. The fourth-order valence-corrected chi connectivity index (χ4v) is 15.2. The summed E-state index contributed by atoms with van der Waals surface area (Å²) in [6.45, 7) is 0. The zero-order chi connectivity index (χ0) is 80.8. The number of hydrogen-bond acceptors (Lipinski definition) is 22. The number of aromatic nitrogens is 4. The number of H-pyrrole nitrogens is 1. The number of hydrogen-bond donors (Lipinski definition) is 5. The lowest BCUT2D eigenvalue weighted by atomic mass is 10.1. The average Bonchev–Trinajstić information content (AvgIpc) is 1.61. The molecule has 0 saturated heterocycles. The summed E-state index contributed by atoms with van der Waals surface area (Å²) in [5.41, 5.74) is 4.25. The Morgan fingerprint density at radius 3 is 1.05 bits per heavy atom. The summed E-state index contributed by atoms with van der Waals surface area (Å²) in [6, 6.07) is 44.5. The molecule has 0 aliphatic heterocycles. The summed E-state index contributed by atoms with van der Waals surface area (Å²) in [5, 5.41) is 35.9. The number of ether oxygens (including phenoxy) is 8. The topological polar surface area (TPSA) is 424 Å². The van der Waals surface area contributed by atoms with Gasteiger partial charge in [-0.3, -0.25) is 24.0 Å². The molecule has 0 radical (unpaired) electrons. The normalized spacial score (nSPS) is 11.1. The molecule has 578 valence electrons. The van der Waals surface area contributed by atoms with E-state index in [1.807, 2.05) is 18.2 Å². The molecule has 0 unspecified atom stereocenters. The van der Waals surface area contributed by atoms with Crippen LogP contribution in [0.15, 0.2) is 220 Å². The predicted octanol–water partition coefficient (Wildman–Crippen LogP) is 11.8. The van der Waals surface area contributed by atoms with Crippen LogP contribution in [0.2, 0.25) is 0 Å². The Balaban J connectivity index is 0.000000192. The second kappa shape index (κ2) is 37.8. The van der Waals surface area contributed by atoms with E-state index in [9.17, 15) is 62.4 Å². The molecule has 0 fully saturated rings. The summed E-state index contributed by atoms with van der Waals surface area (Å²) in [7, 11) is 2.03. The Hall–Kier alpha value is -12.6. The number of nitrogens with one attached hydrogen (secondary N) is 1. The molecule has 35 heteroatoms. The van der Waals surface area contributed by atoms with Gasteiger partial charge in [0.1, 0.15) is 52.4 Å². The average molecular weight is 1610 g/mol. The van der Waals surface area contributed by atoms with Gasteiger partial charge in [-0.25, -0.2) is 50.4 Å². The van der Waals surface area contributed by atoms with Crippen molar-refractivity contribution >= 4 is 136 Å². The van der Waals surface area contributed by atoms with Gasteiger partial charge in [0.25, 0.3) is 39.1 Å². The maximum absolute atomic E-state index is 13.1. The predicted molar refractivity (Wildman–Crippen MR) is 406 cm³/mol. The van der Waals surface area contributed by atoms with E-state index in [1.54, 1.807) is 104 Å². The van der Waals surface area contributed by atoms with Gasteiger partial charge in [-0.2, -0.15) is 0 Å². The number of aliphatic carboxylic acids is 4. The number of halogens is 1. The molecule has 0 atom stereocenters. The van der Waals surface area contributed by atoms with Crippen LogP contribution in [0, 0.1) is 0 Å². The third-order valence-corrected chi connectivity index (χ3v) is 22.2. The maximum atomic E-state index is 13.1. The first kappa shape index (κ1) is 84.6. The molecule has 8 aromatic carbocycles. The standard InChI is InChI=1S/C19H19NO6S.C19H17NO6S.C17H15NO5S.C10H9NO2.C7H7ClO3S.C3H4O4/c2*1-25-14-4-7-16(8-5-14)27(23,24)20-12-13(3-10-19(21)22)17-11-15(26-2)6-9-18(17)20;1-22-13-3-6-15(7-4-13)24(20,21)18-10-12(11-19)16-9-14(23-2)5-8-17(16)18;1-13-8-2-3-10-9(4-8)7(6-12)5-11-10;1-11-6-2-4-7(5-3-6)12(8,9)10;4-2(5)1-3(6)7/h4-9,11-12H,3,10H2,1-2H3,(H,21,22);3-12H,1-2H3,(H,21,22);3-11H,1-2H3;2-6,11H,1H3;2-5H,1H3;1H2,(H,4,5)(H,6,7)/b;10-3+;;;;. The van der Waals surface area contributed by atoms with Gasteiger partial charge in [0.15, 0.2) is 12.6 Å². The molecule has 30 nitrogen and oxygen atoms in total. The van der Waals surface area contributed by atoms with Crippen molar-refractivity contribution in [3.63, 3.8) is 0 Å². The van der Waals surface area contributed by atoms with Gasteiger partial charge in [-0.15, -0.1) is 0 Å². The monoisotopic (exact) mass is 1610 g/mol. The molecule has 5 N–H and O–H groups in total. The third-order valence-electron chi connectivity index (χ3n) is 15.8. The number of aldehydes is 2. The summed E-state index contributed by atoms with van der Waals surface area (Å²) in [5.74, 6) is -0.0391. The van der Waals surface area contributed by atoms with E-state index in [0.717, 1.165) is 37.0 Å². The molecule has 12 aromatic rings. The highest BCUT2D eigenvalue weighted by atomic mass is 35.7. The maximum Gasteiger partial charge on any atom is 0.328 e. The zero-order valence-electron chi connectivity index (χ0n) is 59.5. The van der Waals surface area contributed by atoms with Crippen LogP contribution in [0.3, 0.4) is 0 Å². The van der Waals surface area contributed by atoms with E-state index in [0.29, 0.717) is 95.9 Å². The molecule has 0 aliphatic rings. The molecule has 0 bridgehead atoms. The Labute approximate surface area is 634 Å². The summed E-state index contributed by atoms with van der Waals surface area (Å²) < 4.78 is 144. The number of rotatable bonds is 24.